The minimum Gasteiger partial charge on any atom is -0.465 e. The Hall–Kier alpha value is -1.72. The molecule has 19 heavy (non-hydrogen) atoms. The summed E-state index contributed by atoms with van der Waals surface area (Å²) in [6, 6.07) is 6.80. The lowest BCUT2D eigenvalue weighted by molar-refractivity contribution is 0.0598. The van der Waals surface area contributed by atoms with Crippen molar-refractivity contribution in [1.82, 2.24) is 5.32 Å². The maximum absolute atomic E-state index is 11.7. The Labute approximate surface area is 121 Å². The lowest BCUT2D eigenvalue weighted by Gasteiger charge is -2.27. The summed E-state index contributed by atoms with van der Waals surface area (Å²) < 4.78 is 4.72. The van der Waals surface area contributed by atoms with Crippen LogP contribution >= 0.6 is 24.0 Å². The number of benzene rings is 1. The van der Waals surface area contributed by atoms with E-state index in [1.807, 2.05) is 0 Å². The Morgan fingerprint density at radius 3 is 2.79 bits per heavy atom. The van der Waals surface area contributed by atoms with Gasteiger partial charge >= 0.3 is 5.97 Å². The Kier molecular flexibility index (Phi) is 4.80. The molecule has 0 spiro atoms. The summed E-state index contributed by atoms with van der Waals surface area (Å²) in [5.41, 5.74) is 6.46. The van der Waals surface area contributed by atoms with Gasteiger partial charge < -0.3 is 15.8 Å². The zero-order valence-electron chi connectivity index (χ0n) is 10.1. The second-order valence-corrected chi connectivity index (χ2v) is 4.22. The van der Waals surface area contributed by atoms with Crippen molar-refractivity contribution in [3.63, 3.8) is 0 Å². The molecule has 0 aromatic heterocycles. The topological polar surface area (TPSA) is 76.7 Å². The quantitative estimate of drug-likeness (QED) is 0.495. The molecule has 1 atom stereocenters. The molecule has 0 saturated carbocycles. The molecule has 1 aliphatic heterocycles. The number of halogens is 2. The van der Waals surface area contributed by atoms with Crippen LogP contribution in [0.15, 0.2) is 41.5 Å². The molecule has 0 radical (unpaired) electrons. The number of ether oxygens (including phenoxy) is 1. The molecule has 0 bridgehead atoms. The number of hydrogen-bond acceptors (Lipinski definition) is 5. The van der Waals surface area contributed by atoms with Crippen LogP contribution in [-0.4, -0.2) is 18.9 Å². The van der Waals surface area contributed by atoms with Crippen LogP contribution in [-0.2, 0) is 9.86 Å². The van der Waals surface area contributed by atoms with Crippen molar-refractivity contribution in [2.75, 3.05) is 7.11 Å². The molecule has 1 aromatic carbocycles. The number of rotatable bonds is 2. The minimum absolute atomic E-state index is 0. The zero-order valence-corrected chi connectivity index (χ0v) is 11.7. The number of nitrogens with zero attached hydrogens (tertiary/aromatic N) is 1. The summed E-state index contributed by atoms with van der Waals surface area (Å²) in [6.07, 6.45) is 3.17. The Morgan fingerprint density at radius 2 is 2.16 bits per heavy atom. The summed E-state index contributed by atoms with van der Waals surface area (Å²) in [6.45, 7) is 0. The first kappa shape index (κ1) is 15.3. The highest BCUT2D eigenvalue weighted by atomic mass is 35.5. The molecule has 0 amide bonds. The number of methoxy groups -OCH3 is 1. The average molecular weight is 302 g/mol. The van der Waals surface area contributed by atoms with Gasteiger partial charge in [-0.25, -0.2) is 9.79 Å². The predicted octanol–water partition coefficient (Wildman–Crippen LogP) is 1.72. The van der Waals surface area contributed by atoms with Gasteiger partial charge in [-0.2, -0.15) is 0 Å². The fraction of sp³-hybridized carbons (Fsp3) is 0.167. The third kappa shape index (κ3) is 3.00. The van der Waals surface area contributed by atoms with E-state index < -0.39 is 11.1 Å². The lowest BCUT2D eigenvalue weighted by Crippen LogP contribution is -2.38. The van der Waals surface area contributed by atoms with E-state index >= 15 is 0 Å². The first-order valence-corrected chi connectivity index (χ1v) is 5.61. The number of aliphatic imine (C=N–C) groups is 1. The van der Waals surface area contributed by atoms with Gasteiger partial charge in [0.15, 0.2) is 0 Å². The van der Waals surface area contributed by atoms with E-state index in [9.17, 15) is 4.79 Å². The summed E-state index contributed by atoms with van der Waals surface area (Å²) in [5.74, 6) is -0.195. The van der Waals surface area contributed by atoms with Crippen LogP contribution in [0.2, 0.25) is 0 Å². The molecule has 7 heteroatoms. The van der Waals surface area contributed by atoms with Crippen LogP contribution in [0.3, 0.4) is 0 Å². The molecule has 0 aliphatic carbocycles. The van der Waals surface area contributed by atoms with Crippen LogP contribution in [0.5, 0.6) is 0 Å². The number of carbonyl (C=O) groups is 1. The number of nitrogens with two attached hydrogens (primary N) is 1. The molecule has 0 fully saturated rings. The van der Waals surface area contributed by atoms with Crippen LogP contribution in [0.1, 0.15) is 15.9 Å². The number of hydrogen-bond donors (Lipinski definition) is 2. The van der Waals surface area contributed by atoms with Gasteiger partial charge in [0.2, 0.25) is 5.12 Å². The van der Waals surface area contributed by atoms with Crippen molar-refractivity contribution >= 4 is 35.8 Å². The van der Waals surface area contributed by atoms with Crippen molar-refractivity contribution in [1.29, 1.82) is 0 Å². The summed E-state index contributed by atoms with van der Waals surface area (Å²) >= 11 is 6.36. The maximum Gasteiger partial charge on any atom is 0.338 e. The molecule has 2 rings (SSSR count). The lowest BCUT2D eigenvalue weighted by atomic mass is 10.0. The van der Waals surface area contributed by atoms with Gasteiger partial charge in [-0.1, -0.05) is 29.8 Å². The highest BCUT2D eigenvalue weighted by molar-refractivity contribution is 6.25. The number of esters is 1. The predicted molar refractivity (Wildman–Crippen MR) is 76.5 cm³/mol. The van der Waals surface area contributed by atoms with E-state index in [1.54, 1.807) is 36.5 Å². The zero-order chi connectivity index (χ0) is 13.2. The average Bonchev–Trinajstić information content (AvgIpc) is 2.37. The number of alkyl halides is 1. The third-order valence-electron chi connectivity index (χ3n) is 2.50. The van der Waals surface area contributed by atoms with Crippen molar-refractivity contribution in [2.24, 2.45) is 10.7 Å². The number of amidine groups is 1. The van der Waals surface area contributed by atoms with Crippen molar-refractivity contribution < 1.29 is 9.53 Å². The van der Waals surface area contributed by atoms with Crippen LogP contribution < -0.4 is 11.1 Å². The smallest absolute Gasteiger partial charge is 0.338 e. The van der Waals surface area contributed by atoms with Gasteiger partial charge in [0.1, 0.15) is 5.84 Å². The summed E-state index contributed by atoms with van der Waals surface area (Å²) in [4.78, 5) is 15.8. The maximum atomic E-state index is 11.7. The number of nitrogens with one attached hydrogen (secondary N) is 1. The van der Waals surface area contributed by atoms with Crippen LogP contribution in [0.25, 0.3) is 0 Å². The van der Waals surface area contributed by atoms with Crippen molar-refractivity contribution in [3.05, 3.63) is 47.7 Å². The Morgan fingerprint density at radius 1 is 1.47 bits per heavy atom. The summed E-state index contributed by atoms with van der Waals surface area (Å²) in [7, 11) is 1.31. The minimum atomic E-state index is -1.29. The Balaban J connectivity index is 0.00000180. The molecule has 3 N–H and O–H groups in total. The molecule has 1 heterocycles. The molecule has 1 aliphatic rings. The fourth-order valence-electron chi connectivity index (χ4n) is 1.68. The van der Waals surface area contributed by atoms with E-state index in [0.29, 0.717) is 11.1 Å². The first-order valence-electron chi connectivity index (χ1n) is 5.23. The van der Waals surface area contributed by atoms with Crippen molar-refractivity contribution in [3.8, 4) is 0 Å². The van der Waals surface area contributed by atoms with Gasteiger partial charge in [-0.05, 0) is 12.1 Å². The van der Waals surface area contributed by atoms with Gasteiger partial charge in [-0.15, -0.1) is 12.4 Å². The summed E-state index contributed by atoms with van der Waals surface area (Å²) in [5, 5.41) is 1.58. The van der Waals surface area contributed by atoms with Gasteiger partial charge in [0, 0.05) is 11.8 Å². The molecular formula is C12H13Cl2N3O2. The van der Waals surface area contributed by atoms with Gasteiger partial charge in [0.25, 0.3) is 0 Å². The molecule has 0 saturated heterocycles. The van der Waals surface area contributed by atoms with Crippen LogP contribution in [0.4, 0.5) is 0 Å². The highest BCUT2D eigenvalue weighted by Gasteiger charge is 2.33. The molecular weight excluding hydrogens is 289 g/mol. The monoisotopic (exact) mass is 301 g/mol. The van der Waals surface area contributed by atoms with E-state index in [4.69, 9.17) is 22.1 Å². The second-order valence-electron chi connectivity index (χ2n) is 3.67. The van der Waals surface area contributed by atoms with E-state index in [1.165, 1.54) is 7.11 Å². The van der Waals surface area contributed by atoms with Gasteiger partial charge in [0.05, 0.1) is 12.7 Å². The van der Waals surface area contributed by atoms with Crippen molar-refractivity contribution in [2.45, 2.75) is 5.12 Å². The van der Waals surface area contributed by atoms with E-state index in [-0.39, 0.29) is 18.2 Å². The van der Waals surface area contributed by atoms with E-state index in [2.05, 4.69) is 10.3 Å². The molecule has 1 unspecified atom stereocenters. The van der Waals surface area contributed by atoms with Gasteiger partial charge in [-0.3, -0.25) is 0 Å². The fourth-order valence-corrected chi connectivity index (χ4v) is 2.01. The largest absolute Gasteiger partial charge is 0.465 e. The molecule has 5 nitrogen and oxygen atoms in total. The Bertz CT molecular complexity index is 546. The third-order valence-corrected chi connectivity index (χ3v) is 2.90. The second kappa shape index (κ2) is 5.95. The standard InChI is InChI=1S/C12H12ClN3O2.ClH/c1-18-11(17)8-4-2-3-5-9(8)12(13)15-7-6-10(14)16-12;/h2-7,15H,1H3,(H2,14,16);1H. The first-order chi connectivity index (χ1) is 8.57. The van der Waals surface area contributed by atoms with E-state index in [0.717, 1.165) is 0 Å². The molecule has 102 valence electrons. The highest BCUT2D eigenvalue weighted by Crippen LogP contribution is 2.32. The molecule has 1 aromatic rings. The SMILES string of the molecule is COC(=O)c1ccccc1C1(Cl)N=C(N)C=CN1.Cl. The normalized spacial score (nSPS) is 20.8. The van der Waals surface area contributed by atoms with Crippen LogP contribution in [0, 0.1) is 0 Å². The number of carbonyl (C=O) groups excluding carboxylic acids is 1.